The number of esters is 1. The van der Waals surface area contributed by atoms with E-state index >= 15 is 0 Å². The third-order valence-electron chi connectivity index (χ3n) is 10.6. The van der Waals surface area contributed by atoms with E-state index < -0.39 is 71.5 Å². The fraction of sp³-hybridized carbons (Fsp3) is 0.829. The van der Waals surface area contributed by atoms with Crippen LogP contribution in [-0.2, 0) is 33.3 Å². The topological polar surface area (TPSA) is 124 Å². The number of rotatable bonds is 7. The third-order valence-corrected chi connectivity index (χ3v) is 10.6. The third kappa shape index (κ3) is 7.74. The van der Waals surface area contributed by atoms with Crippen molar-refractivity contribution in [2.45, 2.75) is 129 Å². The van der Waals surface area contributed by atoms with Crippen molar-refractivity contribution in [3.63, 3.8) is 0 Å². The lowest BCUT2D eigenvalue weighted by Crippen LogP contribution is -2.60. The van der Waals surface area contributed by atoms with E-state index in [1.807, 2.05) is 60.5 Å². The van der Waals surface area contributed by atoms with Crippen LogP contribution in [0.2, 0.25) is 0 Å². The van der Waals surface area contributed by atoms with Gasteiger partial charge in [0.25, 0.3) is 0 Å². The molecule has 0 saturated carbocycles. The number of fused-ring (bicyclic) bond motifs is 1. The van der Waals surface area contributed by atoms with Gasteiger partial charge in [0, 0.05) is 29.7 Å². The minimum absolute atomic E-state index is 0.0000989. The first-order chi connectivity index (χ1) is 20.9. The number of cyclic esters (lactones) is 1. The molecule has 2 N–H and O–H groups in total. The van der Waals surface area contributed by atoms with Crippen LogP contribution in [0.15, 0.2) is 24.8 Å². The number of aliphatic hydroxyl groups excluding tert-OH is 2. The second-order valence-electron chi connectivity index (χ2n) is 14.4. The predicted octanol–water partition coefficient (Wildman–Crippen LogP) is 3.92. The number of hydrogen-bond donors (Lipinski definition) is 2. The van der Waals surface area contributed by atoms with Crippen LogP contribution in [0.4, 0.5) is 0 Å². The van der Waals surface area contributed by atoms with Gasteiger partial charge >= 0.3 is 5.97 Å². The zero-order chi connectivity index (χ0) is 34.0. The van der Waals surface area contributed by atoms with Crippen molar-refractivity contribution in [1.82, 2.24) is 4.90 Å². The lowest BCUT2D eigenvalue weighted by Gasteiger charge is -2.48. The number of ether oxygens (including phenoxy) is 5. The summed E-state index contributed by atoms with van der Waals surface area (Å²) in [5, 5.41) is 23.2. The van der Waals surface area contributed by atoms with Gasteiger partial charge in [0.2, 0.25) is 0 Å². The van der Waals surface area contributed by atoms with Crippen LogP contribution in [0, 0.1) is 29.6 Å². The molecule has 3 heterocycles. The lowest BCUT2D eigenvalue weighted by molar-refractivity contribution is -0.302. The molecular weight excluding hydrogens is 578 g/mol. The zero-order valence-corrected chi connectivity index (χ0v) is 29.2. The maximum absolute atomic E-state index is 14.2. The Balaban J connectivity index is 2.14. The van der Waals surface area contributed by atoms with E-state index in [1.165, 1.54) is 0 Å². The molecule has 0 aromatic heterocycles. The van der Waals surface area contributed by atoms with Crippen LogP contribution in [0.5, 0.6) is 0 Å². The molecule has 3 fully saturated rings. The van der Waals surface area contributed by atoms with Crippen LogP contribution in [0.1, 0.15) is 74.7 Å². The Morgan fingerprint density at radius 3 is 2.29 bits per heavy atom. The van der Waals surface area contributed by atoms with Gasteiger partial charge in [-0.1, -0.05) is 40.3 Å². The van der Waals surface area contributed by atoms with E-state index in [-0.39, 0.29) is 43.5 Å². The van der Waals surface area contributed by atoms with E-state index in [2.05, 4.69) is 13.2 Å². The number of Topliss-reactive ketones (excluding diaryl/α,β-unsaturated/α-hetero) is 1. The molecule has 0 spiro atoms. The molecule has 0 aromatic carbocycles. The van der Waals surface area contributed by atoms with Gasteiger partial charge in [0.15, 0.2) is 6.29 Å². The van der Waals surface area contributed by atoms with Crippen molar-refractivity contribution in [3.8, 4) is 0 Å². The van der Waals surface area contributed by atoms with Crippen molar-refractivity contribution in [3.05, 3.63) is 24.8 Å². The molecule has 14 atom stereocenters. The van der Waals surface area contributed by atoms with Gasteiger partial charge in [-0.25, -0.2) is 0 Å². The van der Waals surface area contributed by atoms with Crippen molar-refractivity contribution in [1.29, 1.82) is 0 Å². The van der Waals surface area contributed by atoms with E-state index in [1.54, 1.807) is 19.9 Å². The molecule has 0 aliphatic carbocycles. The Hall–Kier alpha value is -1.66. The van der Waals surface area contributed by atoms with Crippen LogP contribution < -0.4 is 0 Å². The number of carbonyl (C=O) groups excluding carboxylic acids is 2. The van der Waals surface area contributed by atoms with Crippen molar-refractivity contribution in [2.75, 3.05) is 27.3 Å². The van der Waals surface area contributed by atoms with E-state index in [0.717, 1.165) is 5.57 Å². The first-order valence-electron chi connectivity index (χ1n) is 16.6. The maximum Gasteiger partial charge on any atom is 0.311 e. The first-order valence-corrected chi connectivity index (χ1v) is 16.6. The molecule has 3 saturated heterocycles. The maximum atomic E-state index is 14.2. The highest BCUT2D eigenvalue weighted by molar-refractivity contribution is 5.84. The highest BCUT2D eigenvalue weighted by atomic mass is 16.7. The summed E-state index contributed by atoms with van der Waals surface area (Å²) in [5.41, 5.74) is -1.33. The lowest BCUT2D eigenvalue weighted by atomic mass is 9.69. The summed E-state index contributed by atoms with van der Waals surface area (Å²) >= 11 is 0. The van der Waals surface area contributed by atoms with Gasteiger partial charge < -0.3 is 38.8 Å². The van der Waals surface area contributed by atoms with Crippen LogP contribution in [0.25, 0.3) is 0 Å². The fourth-order valence-corrected chi connectivity index (χ4v) is 8.05. The zero-order valence-electron chi connectivity index (χ0n) is 29.2. The first kappa shape index (κ1) is 37.8. The molecule has 3 rings (SSSR count). The predicted molar refractivity (Wildman–Crippen MR) is 171 cm³/mol. The Kier molecular flexibility index (Phi) is 12.6. The normalized spacial score (nSPS) is 45.6. The van der Waals surface area contributed by atoms with Crippen LogP contribution in [0.3, 0.4) is 0 Å². The van der Waals surface area contributed by atoms with E-state index in [9.17, 15) is 19.8 Å². The highest BCUT2D eigenvalue weighted by Crippen LogP contribution is 2.46. The molecule has 258 valence electrons. The molecular formula is C35H59NO9. The summed E-state index contributed by atoms with van der Waals surface area (Å²) in [6, 6.07) is -0.227. The molecule has 10 nitrogen and oxygen atoms in total. The number of aliphatic hydroxyl groups is 2. The molecule has 10 heteroatoms. The molecule has 0 amide bonds. The molecule has 0 radical (unpaired) electrons. The fourth-order valence-electron chi connectivity index (χ4n) is 8.05. The summed E-state index contributed by atoms with van der Waals surface area (Å²) in [6.07, 6.45) is -2.07. The average molecular weight is 638 g/mol. The molecule has 3 aliphatic rings. The second-order valence-corrected chi connectivity index (χ2v) is 14.4. The van der Waals surface area contributed by atoms with Gasteiger partial charge in [-0.3, -0.25) is 9.59 Å². The van der Waals surface area contributed by atoms with Crippen molar-refractivity contribution >= 4 is 11.8 Å². The minimum atomic E-state index is -1.22. The minimum Gasteiger partial charge on any atom is -0.459 e. The number of hydrogen-bond acceptors (Lipinski definition) is 10. The summed E-state index contributed by atoms with van der Waals surface area (Å²) in [4.78, 5) is 29.9. The largest absolute Gasteiger partial charge is 0.459 e. The number of ketones is 1. The summed E-state index contributed by atoms with van der Waals surface area (Å²) in [6.45, 7) is 23.3. The molecule has 45 heavy (non-hydrogen) atoms. The van der Waals surface area contributed by atoms with Gasteiger partial charge in [-0.15, -0.1) is 6.58 Å². The number of likely N-dealkylation sites (N-methyl/N-ethyl adjacent to an activating group) is 1. The Morgan fingerprint density at radius 2 is 1.71 bits per heavy atom. The van der Waals surface area contributed by atoms with Crippen LogP contribution >= 0.6 is 0 Å². The molecule has 3 aliphatic heterocycles. The van der Waals surface area contributed by atoms with E-state index in [0.29, 0.717) is 12.8 Å². The second kappa shape index (κ2) is 15.0. The Bertz CT molecular complexity index is 1070. The highest BCUT2D eigenvalue weighted by Gasteiger charge is 2.55. The summed E-state index contributed by atoms with van der Waals surface area (Å²) in [5.74, 6) is -3.56. The monoisotopic (exact) mass is 637 g/mol. The Morgan fingerprint density at radius 1 is 1.07 bits per heavy atom. The van der Waals surface area contributed by atoms with Gasteiger partial charge in [0.05, 0.1) is 43.0 Å². The summed E-state index contributed by atoms with van der Waals surface area (Å²) < 4.78 is 31.6. The summed E-state index contributed by atoms with van der Waals surface area (Å²) in [7, 11) is 3.79. The van der Waals surface area contributed by atoms with Crippen molar-refractivity contribution < 1.29 is 43.5 Å². The molecule has 0 bridgehead atoms. The molecule has 4 unspecified atom stereocenters. The van der Waals surface area contributed by atoms with E-state index in [4.69, 9.17) is 23.7 Å². The van der Waals surface area contributed by atoms with Crippen LogP contribution in [-0.4, -0.2) is 108 Å². The Labute approximate surface area is 270 Å². The quantitative estimate of drug-likeness (QED) is 0.314. The number of nitrogens with zero attached hydrogens (tertiary/aromatic N) is 1. The average Bonchev–Trinajstić information content (AvgIpc) is 3.30. The molecule has 0 aromatic rings. The van der Waals surface area contributed by atoms with Gasteiger partial charge in [-0.2, -0.15) is 0 Å². The van der Waals surface area contributed by atoms with Gasteiger partial charge in [0.1, 0.15) is 23.6 Å². The SMILES string of the molecule is C=CCO[C@]1(C)CC(C)C(=O)C(C)[C@@H]2C(=C)CO[C@]2(C)[C@@H](CC)OC(=O)C(C)C(O)[C@H](C)[C@H]1O[C@@H]1O[C@H](C)C[C@H](N(C)C)[C@H]1O. The van der Waals surface area contributed by atoms with Crippen molar-refractivity contribution in [2.24, 2.45) is 29.6 Å². The smallest absolute Gasteiger partial charge is 0.311 e. The number of carbonyl (C=O) groups is 2. The van der Waals surface area contributed by atoms with Gasteiger partial charge in [-0.05, 0) is 66.6 Å². The standard InChI is InChI=1S/C35H59NO9/c1-13-15-41-34(9)17-19(3)28(37)22(6)27-20(4)18-42-35(27,10)26(14-2)44-32(40)24(8)29(38)23(7)31(34)45-33-30(39)25(36(11)12)16-21(5)43-33/h13,19,21-27,29-31,33,38-39H,1,4,14-18H2,2-3,5-12H3/t19?,21-,22?,23+,24?,25+,26-,27+,29?,30-,31-,33+,34-,35-/m1/s1.